The second kappa shape index (κ2) is 6.61. The normalized spacial score (nSPS) is 14.8. The number of hydrogen-bond donors (Lipinski definition) is 0. The maximum atomic E-state index is 13.2. The molecule has 140 valence electrons. The Morgan fingerprint density at radius 2 is 1.78 bits per heavy atom. The first-order chi connectivity index (χ1) is 12.9. The van der Waals surface area contributed by atoms with Gasteiger partial charge in [0.15, 0.2) is 5.65 Å². The van der Waals surface area contributed by atoms with Crippen LogP contribution in [0.25, 0.3) is 5.65 Å². The fraction of sp³-hybridized carbons (Fsp3) is 0.421. The highest BCUT2D eigenvalue weighted by Gasteiger charge is 2.27. The van der Waals surface area contributed by atoms with Gasteiger partial charge in [0.1, 0.15) is 17.2 Å². The highest BCUT2D eigenvalue weighted by molar-refractivity contribution is 6.01. The van der Waals surface area contributed by atoms with Crippen LogP contribution in [0.2, 0.25) is 0 Å². The number of hydrogen-bond acceptors (Lipinski definition) is 6. The molecule has 0 bridgehead atoms. The standard InChI is InChI=1S/C19H23N7O/c1-12-11-13(2)26-18(21-12)17(14(3)23-26)19(27)25-9-7-24(8-10-25)16-5-6-20-15(4)22-16/h5-6,11H,7-10H2,1-4H3. The van der Waals surface area contributed by atoms with E-state index in [2.05, 4.69) is 25.0 Å². The fourth-order valence-corrected chi connectivity index (χ4v) is 3.59. The SMILES string of the molecule is Cc1cc(C)n2nc(C)c(C(=O)N3CCN(c4ccnc(C)n4)CC3)c2n1. The molecule has 0 N–H and O–H groups in total. The zero-order valence-electron chi connectivity index (χ0n) is 16.1. The second-order valence-corrected chi connectivity index (χ2v) is 6.98. The average Bonchev–Trinajstić information content (AvgIpc) is 2.97. The van der Waals surface area contributed by atoms with Gasteiger partial charge >= 0.3 is 0 Å². The lowest BCUT2D eigenvalue weighted by atomic mass is 10.2. The van der Waals surface area contributed by atoms with Crippen molar-refractivity contribution in [2.24, 2.45) is 0 Å². The Balaban J connectivity index is 1.57. The van der Waals surface area contributed by atoms with Gasteiger partial charge in [-0.1, -0.05) is 0 Å². The molecule has 1 aliphatic rings. The molecule has 1 aliphatic heterocycles. The van der Waals surface area contributed by atoms with Crippen LogP contribution in [-0.2, 0) is 0 Å². The van der Waals surface area contributed by atoms with Crippen molar-refractivity contribution in [1.82, 2.24) is 29.5 Å². The molecule has 4 heterocycles. The Labute approximate surface area is 157 Å². The molecule has 27 heavy (non-hydrogen) atoms. The van der Waals surface area contributed by atoms with Gasteiger partial charge in [0.05, 0.1) is 5.69 Å². The van der Waals surface area contributed by atoms with Gasteiger partial charge in [-0.15, -0.1) is 0 Å². The number of carbonyl (C=O) groups excluding carboxylic acids is 1. The Morgan fingerprint density at radius 1 is 1.04 bits per heavy atom. The minimum absolute atomic E-state index is 0.00137. The monoisotopic (exact) mass is 365 g/mol. The molecule has 1 saturated heterocycles. The largest absolute Gasteiger partial charge is 0.353 e. The quantitative estimate of drug-likeness (QED) is 0.688. The number of carbonyl (C=O) groups is 1. The lowest BCUT2D eigenvalue weighted by molar-refractivity contribution is 0.0747. The van der Waals surface area contributed by atoms with Crippen molar-refractivity contribution in [2.45, 2.75) is 27.7 Å². The Kier molecular flexibility index (Phi) is 4.25. The van der Waals surface area contributed by atoms with Crippen LogP contribution in [0.3, 0.4) is 0 Å². The number of rotatable bonds is 2. The molecule has 0 spiro atoms. The van der Waals surface area contributed by atoms with Gasteiger partial charge in [0.25, 0.3) is 5.91 Å². The molecule has 0 aliphatic carbocycles. The van der Waals surface area contributed by atoms with Crippen LogP contribution in [0.5, 0.6) is 0 Å². The van der Waals surface area contributed by atoms with Crippen LogP contribution in [-0.4, -0.2) is 61.6 Å². The van der Waals surface area contributed by atoms with E-state index in [1.165, 1.54) is 0 Å². The first-order valence-corrected chi connectivity index (χ1v) is 9.11. The van der Waals surface area contributed by atoms with E-state index < -0.39 is 0 Å². The number of nitrogens with zero attached hydrogens (tertiary/aromatic N) is 7. The van der Waals surface area contributed by atoms with E-state index in [1.807, 2.05) is 44.7 Å². The number of amides is 1. The summed E-state index contributed by atoms with van der Waals surface area (Å²) in [5.41, 5.74) is 3.83. The van der Waals surface area contributed by atoms with Gasteiger partial charge in [-0.2, -0.15) is 5.10 Å². The summed E-state index contributed by atoms with van der Waals surface area (Å²) in [6.07, 6.45) is 1.77. The molecule has 0 radical (unpaired) electrons. The van der Waals surface area contributed by atoms with Crippen LogP contribution >= 0.6 is 0 Å². The van der Waals surface area contributed by atoms with Gasteiger partial charge in [0.2, 0.25) is 0 Å². The maximum Gasteiger partial charge on any atom is 0.259 e. The fourth-order valence-electron chi connectivity index (χ4n) is 3.59. The third kappa shape index (κ3) is 3.11. The summed E-state index contributed by atoms with van der Waals surface area (Å²) in [5.74, 6) is 1.66. The van der Waals surface area contributed by atoms with Gasteiger partial charge in [-0.05, 0) is 39.8 Å². The Bertz CT molecular complexity index is 1020. The van der Waals surface area contributed by atoms with E-state index in [0.29, 0.717) is 24.3 Å². The molecular formula is C19H23N7O. The summed E-state index contributed by atoms with van der Waals surface area (Å²) in [5, 5.41) is 4.52. The molecule has 8 heteroatoms. The third-order valence-electron chi connectivity index (χ3n) is 4.94. The molecule has 0 atom stereocenters. The summed E-state index contributed by atoms with van der Waals surface area (Å²) in [4.78, 5) is 30.5. The van der Waals surface area contributed by atoms with Crippen LogP contribution < -0.4 is 4.90 Å². The number of fused-ring (bicyclic) bond motifs is 1. The predicted octanol–water partition coefficient (Wildman–Crippen LogP) is 1.72. The Morgan fingerprint density at radius 3 is 2.48 bits per heavy atom. The first-order valence-electron chi connectivity index (χ1n) is 9.11. The number of aromatic nitrogens is 5. The van der Waals surface area contributed by atoms with Crippen molar-refractivity contribution < 1.29 is 4.79 Å². The number of aryl methyl sites for hydroxylation is 4. The molecular weight excluding hydrogens is 342 g/mol. The molecule has 8 nitrogen and oxygen atoms in total. The molecule has 3 aromatic rings. The maximum absolute atomic E-state index is 13.2. The van der Waals surface area contributed by atoms with Crippen molar-refractivity contribution >= 4 is 17.4 Å². The predicted molar refractivity (Wildman–Crippen MR) is 102 cm³/mol. The zero-order valence-corrected chi connectivity index (χ0v) is 16.1. The summed E-state index contributed by atoms with van der Waals surface area (Å²) >= 11 is 0. The second-order valence-electron chi connectivity index (χ2n) is 6.98. The van der Waals surface area contributed by atoms with Crippen molar-refractivity contribution in [3.05, 3.63) is 46.8 Å². The van der Waals surface area contributed by atoms with Crippen molar-refractivity contribution in [2.75, 3.05) is 31.1 Å². The highest BCUT2D eigenvalue weighted by atomic mass is 16.2. The molecule has 0 aromatic carbocycles. The van der Waals surface area contributed by atoms with Gasteiger partial charge in [0, 0.05) is 43.8 Å². The summed E-state index contributed by atoms with van der Waals surface area (Å²) in [6.45, 7) is 10.4. The van der Waals surface area contributed by atoms with E-state index in [-0.39, 0.29) is 5.91 Å². The summed E-state index contributed by atoms with van der Waals surface area (Å²) in [7, 11) is 0. The van der Waals surface area contributed by atoms with Crippen molar-refractivity contribution in [1.29, 1.82) is 0 Å². The molecule has 1 fully saturated rings. The van der Waals surface area contributed by atoms with E-state index in [4.69, 9.17) is 0 Å². The van der Waals surface area contributed by atoms with Crippen molar-refractivity contribution in [3.63, 3.8) is 0 Å². The Hall–Kier alpha value is -3.03. The zero-order chi connectivity index (χ0) is 19.1. The highest BCUT2D eigenvalue weighted by Crippen LogP contribution is 2.20. The van der Waals surface area contributed by atoms with Crippen molar-refractivity contribution in [3.8, 4) is 0 Å². The average molecular weight is 365 g/mol. The molecule has 0 saturated carbocycles. The molecule has 0 unspecified atom stereocenters. The lowest BCUT2D eigenvalue weighted by Gasteiger charge is -2.35. The lowest BCUT2D eigenvalue weighted by Crippen LogP contribution is -2.49. The van der Waals surface area contributed by atoms with Crippen LogP contribution in [0.1, 0.15) is 33.3 Å². The third-order valence-corrected chi connectivity index (χ3v) is 4.94. The number of anilines is 1. The van der Waals surface area contributed by atoms with Gasteiger partial charge in [-0.25, -0.2) is 19.5 Å². The van der Waals surface area contributed by atoms with E-state index >= 15 is 0 Å². The minimum atomic E-state index is -0.00137. The van der Waals surface area contributed by atoms with Crippen LogP contribution in [0.15, 0.2) is 18.3 Å². The summed E-state index contributed by atoms with van der Waals surface area (Å²) < 4.78 is 1.76. The topological polar surface area (TPSA) is 79.5 Å². The van der Waals surface area contributed by atoms with E-state index in [1.54, 1.807) is 10.7 Å². The summed E-state index contributed by atoms with van der Waals surface area (Å²) in [6, 6.07) is 3.88. The molecule has 3 aromatic heterocycles. The number of piperazine rings is 1. The van der Waals surface area contributed by atoms with Gasteiger partial charge in [-0.3, -0.25) is 4.79 Å². The first kappa shape index (κ1) is 17.4. The smallest absolute Gasteiger partial charge is 0.259 e. The molecule has 4 rings (SSSR count). The molecule has 1 amide bonds. The minimum Gasteiger partial charge on any atom is -0.353 e. The van der Waals surface area contributed by atoms with E-state index in [0.717, 1.165) is 41.8 Å². The van der Waals surface area contributed by atoms with Crippen LogP contribution in [0.4, 0.5) is 5.82 Å². The van der Waals surface area contributed by atoms with E-state index in [9.17, 15) is 4.79 Å². The van der Waals surface area contributed by atoms with Crippen LogP contribution in [0, 0.1) is 27.7 Å². The van der Waals surface area contributed by atoms with Gasteiger partial charge < -0.3 is 9.80 Å².